The highest BCUT2D eigenvalue weighted by Crippen LogP contribution is 2.34. The van der Waals surface area contributed by atoms with Gasteiger partial charge in [-0.25, -0.2) is 9.97 Å². The smallest absolute Gasteiger partial charge is 0.248 e. The monoisotopic (exact) mass is 422 g/mol. The molecule has 0 saturated heterocycles. The van der Waals surface area contributed by atoms with Gasteiger partial charge in [-0.1, -0.05) is 18.2 Å². The van der Waals surface area contributed by atoms with E-state index in [2.05, 4.69) is 36.6 Å². The molecule has 4 N–H and O–H groups in total. The molecule has 4 heterocycles. The SMILES string of the molecule is CNC/C=C/C(=O)Nc1cccc(-c2cnc3[nH]cc(-c4ccnc5[nH]ccc45)c3c2)c1. The van der Waals surface area contributed by atoms with Gasteiger partial charge in [0.15, 0.2) is 0 Å². The first-order chi connectivity index (χ1) is 15.7. The van der Waals surface area contributed by atoms with E-state index < -0.39 is 0 Å². The van der Waals surface area contributed by atoms with Gasteiger partial charge in [-0.15, -0.1) is 0 Å². The lowest BCUT2D eigenvalue weighted by Gasteiger charge is -2.07. The number of carbonyl (C=O) groups is 1. The summed E-state index contributed by atoms with van der Waals surface area (Å²) in [7, 11) is 1.84. The minimum atomic E-state index is -0.160. The number of pyridine rings is 2. The second-order valence-electron chi connectivity index (χ2n) is 7.45. The maximum atomic E-state index is 12.1. The van der Waals surface area contributed by atoms with Crippen LogP contribution in [0.25, 0.3) is 44.3 Å². The first-order valence-electron chi connectivity index (χ1n) is 10.3. The highest BCUT2D eigenvalue weighted by Gasteiger charge is 2.13. The van der Waals surface area contributed by atoms with Gasteiger partial charge in [-0.2, -0.15) is 0 Å². The number of H-pyrrole nitrogens is 2. The third-order valence-corrected chi connectivity index (χ3v) is 5.34. The number of hydrogen-bond donors (Lipinski definition) is 4. The second-order valence-corrected chi connectivity index (χ2v) is 7.45. The molecule has 158 valence electrons. The van der Waals surface area contributed by atoms with Crippen LogP contribution in [-0.2, 0) is 4.79 Å². The van der Waals surface area contributed by atoms with E-state index >= 15 is 0 Å². The van der Waals surface area contributed by atoms with Gasteiger partial charge in [0.2, 0.25) is 5.91 Å². The average Bonchev–Trinajstić information content (AvgIpc) is 3.46. The zero-order valence-corrected chi connectivity index (χ0v) is 17.5. The molecule has 0 saturated carbocycles. The predicted octanol–water partition coefficient (Wildman–Crippen LogP) is 4.49. The summed E-state index contributed by atoms with van der Waals surface area (Å²) >= 11 is 0. The Morgan fingerprint density at radius 1 is 1.00 bits per heavy atom. The zero-order valence-electron chi connectivity index (χ0n) is 17.5. The van der Waals surface area contributed by atoms with Gasteiger partial charge in [-0.05, 0) is 48.5 Å². The Morgan fingerprint density at radius 3 is 2.81 bits per heavy atom. The maximum absolute atomic E-state index is 12.1. The van der Waals surface area contributed by atoms with E-state index in [-0.39, 0.29) is 5.91 Å². The zero-order chi connectivity index (χ0) is 21.9. The molecule has 0 spiro atoms. The number of aromatic amines is 2. The van der Waals surface area contributed by atoms with Crippen molar-refractivity contribution >= 4 is 33.7 Å². The van der Waals surface area contributed by atoms with E-state index in [1.54, 1.807) is 12.3 Å². The number of amides is 1. The Balaban J connectivity index is 1.50. The Labute approximate surface area is 184 Å². The summed E-state index contributed by atoms with van der Waals surface area (Å²) in [6.45, 7) is 0.644. The molecule has 0 aliphatic carbocycles. The Hall–Kier alpha value is -4.23. The molecule has 0 unspecified atom stereocenters. The molecule has 0 bridgehead atoms. The minimum absolute atomic E-state index is 0.160. The van der Waals surface area contributed by atoms with Crippen LogP contribution in [0.5, 0.6) is 0 Å². The van der Waals surface area contributed by atoms with Gasteiger partial charge in [0.1, 0.15) is 11.3 Å². The Kier molecular flexibility index (Phi) is 5.23. The van der Waals surface area contributed by atoms with Crippen molar-refractivity contribution in [3.05, 3.63) is 79.4 Å². The van der Waals surface area contributed by atoms with Crippen LogP contribution in [0, 0.1) is 0 Å². The highest BCUT2D eigenvalue weighted by atomic mass is 16.1. The molecule has 1 amide bonds. The van der Waals surface area contributed by atoms with Gasteiger partial charge >= 0.3 is 0 Å². The van der Waals surface area contributed by atoms with Crippen LogP contribution in [-0.4, -0.2) is 39.4 Å². The fourth-order valence-corrected chi connectivity index (χ4v) is 3.82. The maximum Gasteiger partial charge on any atom is 0.248 e. The van der Waals surface area contributed by atoms with Crippen molar-refractivity contribution in [1.82, 2.24) is 25.3 Å². The normalized spacial score (nSPS) is 11.5. The number of rotatable bonds is 6. The lowest BCUT2D eigenvalue weighted by atomic mass is 10.0. The van der Waals surface area contributed by atoms with Gasteiger partial charge in [0.25, 0.3) is 0 Å². The standard InChI is InChI=1S/C25H22N6O/c1-26-9-3-6-23(32)31-18-5-2-4-16(12-18)17-13-21-22(15-30-25(21)29-14-17)19-7-10-27-24-20(19)8-11-28-24/h2-8,10-15,26H,9H2,1H3,(H,27,28)(H,29,30)(H,31,32)/b6-3+. The Morgan fingerprint density at radius 2 is 1.91 bits per heavy atom. The summed E-state index contributed by atoms with van der Waals surface area (Å²) < 4.78 is 0. The van der Waals surface area contributed by atoms with E-state index in [0.717, 1.165) is 50.0 Å². The summed E-state index contributed by atoms with van der Waals surface area (Å²) in [5.41, 5.74) is 6.52. The molecule has 1 aromatic carbocycles. The van der Waals surface area contributed by atoms with Crippen molar-refractivity contribution in [2.75, 3.05) is 18.9 Å². The van der Waals surface area contributed by atoms with Crippen LogP contribution in [0.1, 0.15) is 0 Å². The largest absolute Gasteiger partial charge is 0.346 e. The molecule has 4 aromatic heterocycles. The van der Waals surface area contributed by atoms with Gasteiger partial charge in [-0.3, -0.25) is 4.79 Å². The number of benzene rings is 1. The van der Waals surface area contributed by atoms with Crippen molar-refractivity contribution in [3.63, 3.8) is 0 Å². The third kappa shape index (κ3) is 3.77. The Bertz CT molecular complexity index is 1450. The summed E-state index contributed by atoms with van der Waals surface area (Å²) in [6, 6.07) is 13.9. The van der Waals surface area contributed by atoms with Crippen LogP contribution in [0.2, 0.25) is 0 Å². The van der Waals surface area contributed by atoms with Gasteiger partial charge < -0.3 is 20.6 Å². The molecule has 0 fully saturated rings. The lowest BCUT2D eigenvalue weighted by Crippen LogP contribution is -2.10. The van der Waals surface area contributed by atoms with E-state index in [1.807, 2.05) is 62.0 Å². The van der Waals surface area contributed by atoms with Crippen LogP contribution in [0.3, 0.4) is 0 Å². The molecular weight excluding hydrogens is 400 g/mol. The van der Waals surface area contributed by atoms with E-state index in [4.69, 9.17) is 0 Å². The van der Waals surface area contributed by atoms with Crippen molar-refractivity contribution in [3.8, 4) is 22.3 Å². The first kappa shape index (κ1) is 19.7. The number of anilines is 1. The van der Waals surface area contributed by atoms with E-state index in [1.165, 1.54) is 6.08 Å². The highest BCUT2D eigenvalue weighted by molar-refractivity contribution is 6.04. The first-order valence-corrected chi connectivity index (χ1v) is 10.3. The molecule has 0 radical (unpaired) electrons. The summed E-state index contributed by atoms with van der Waals surface area (Å²) in [4.78, 5) is 27.6. The van der Waals surface area contributed by atoms with Crippen molar-refractivity contribution in [1.29, 1.82) is 0 Å². The van der Waals surface area contributed by atoms with Crippen LogP contribution in [0.15, 0.2) is 79.4 Å². The lowest BCUT2D eigenvalue weighted by molar-refractivity contribution is -0.111. The van der Waals surface area contributed by atoms with Crippen LogP contribution >= 0.6 is 0 Å². The molecular formula is C25H22N6O. The molecule has 5 aromatic rings. The molecule has 0 aliphatic rings. The predicted molar refractivity (Wildman–Crippen MR) is 128 cm³/mol. The number of aromatic nitrogens is 4. The summed E-state index contributed by atoms with van der Waals surface area (Å²) in [5.74, 6) is -0.160. The molecule has 7 nitrogen and oxygen atoms in total. The van der Waals surface area contributed by atoms with Crippen LogP contribution in [0.4, 0.5) is 5.69 Å². The number of hydrogen-bond acceptors (Lipinski definition) is 4. The molecule has 5 rings (SSSR count). The minimum Gasteiger partial charge on any atom is -0.346 e. The van der Waals surface area contributed by atoms with Crippen molar-refractivity contribution in [2.24, 2.45) is 0 Å². The van der Waals surface area contributed by atoms with E-state index in [9.17, 15) is 4.79 Å². The van der Waals surface area contributed by atoms with Gasteiger partial charge in [0, 0.05) is 65.0 Å². The topological polar surface area (TPSA) is 98.5 Å². The number of likely N-dealkylation sites (N-methyl/N-ethyl adjacent to an activating group) is 1. The number of carbonyl (C=O) groups excluding carboxylic acids is 1. The molecule has 0 atom stereocenters. The van der Waals surface area contributed by atoms with Gasteiger partial charge in [0.05, 0.1) is 0 Å². The van der Waals surface area contributed by atoms with Crippen molar-refractivity contribution < 1.29 is 4.79 Å². The van der Waals surface area contributed by atoms with E-state index in [0.29, 0.717) is 6.54 Å². The number of nitrogens with zero attached hydrogens (tertiary/aromatic N) is 2. The summed E-state index contributed by atoms with van der Waals surface area (Å²) in [5, 5.41) is 7.97. The second kappa shape index (κ2) is 8.49. The number of nitrogens with one attached hydrogen (secondary N) is 4. The fraction of sp³-hybridized carbons (Fsp3) is 0.0800. The molecule has 32 heavy (non-hydrogen) atoms. The average molecular weight is 422 g/mol. The fourth-order valence-electron chi connectivity index (χ4n) is 3.82. The summed E-state index contributed by atoms with van der Waals surface area (Å²) in [6.07, 6.45) is 10.8. The van der Waals surface area contributed by atoms with Crippen LogP contribution < -0.4 is 10.6 Å². The number of fused-ring (bicyclic) bond motifs is 2. The molecule has 7 heteroatoms. The van der Waals surface area contributed by atoms with Crippen molar-refractivity contribution in [2.45, 2.75) is 0 Å². The quantitative estimate of drug-likeness (QED) is 0.303. The molecule has 0 aliphatic heterocycles. The third-order valence-electron chi connectivity index (χ3n) is 5.34.